The molecule has 0 aliphatic heterocycles. The van der Waals surface area contributed by atoms with Crippen LogP contribution in [0.3, 0.4) is 0 Å². The maximum atomic E-state index is 13.4. The quantitative estimate of drug-likeness (QED) is 0.857. The Morgan fingerprint density at radius 1 is 1.53 bits per heavy atom. The van der Waals surface area contributed by atoms with Crippen LogP contribution in [0, 0.1) is 12.7 Å². The zero-order valence-electron chi connectivity index (χ0n) is 8.77. The number of carbonyl (C=O) groups is 1. The van der Waals surface area contributed by atoms with E-state index in [4.69, 9.17) is 5.11 Å². The van der Waals surface area contributed by atoms with Gasteiger partial charge in [-0.05, 0) is 19.1 Å². The first-order valence-corrected chi connectivity index (χ1v) is 5.44. The van der Waals surface area contributed by atoms with Gasteiger partial charge >= 0.3 is 0 Å². The number of carbonyl (C=O) groups excluding carboxylic acids is 1. The monoisotopic (exact) mass is 253 g/mol. The van der Waals surface area contributed by atoms with Gasteiger partial charge in [-0.3, -0.25) is 10.1 Å². The number of nitrogens with one attached hydrogen (secondary N) is 1. The molecule has 2 aromatic rings. The molecule has 1 aromatic heterocycles. The Labute approximate surface area is 100 Å². The fourth-order valence-electron chi connectivity index (χ4n) is 1.20. The molecule has 0 fully saturated rings. The van der Waals surface area contributed by atoms with Gasteiger partial charge in [0.2, 0.25) is 5.13 Å². The van der Waals surface area contributed by atoms with Crippen LogP contribution in [0.15, 0.2) is 18.2 Å². The van der Waals surface area contributed by atoms with Crippen molar-refractivity contribution in [2.75, 3.05) is 5.32 Å². The molecule has 1 aromatic carbocycles. The lowest BCUT2D eigenvalue weighted by Gasteiger charge is -2.02. The number of aromatic nitrogens is 2. The predicted octanol–water partition coefficient (Wildman–Crippen LogP) is 1.94. The Morgan fingerprint density at radius 3 is 2.88 bits per heavy atom. The number of phenolic OH excluding ortho intramolecular Hbond substituents is 1. The summed E-state index contributed by atoms with van der Waals surface area (Å²) in [6, 6.07) is 3.32. The number of amides is 1. The number of hydrogen-bond acceptors (Lipinski definition) is 5. The molecular weight excluding hydrogens is 245 g/mol. The van der Waals surface area contributed by atoms with Gasteiger partial charge in [0.05, 0.1) is 5.56 Å². The second-order valence-electron chi connectivity index (χ2n) is 3.27. The molecular formula is C10H8FN3O2S. The van der Waals surface area contributed by atoms with Crippen molar-refractivity contribution in [1.29, 1.82) is 0 Å². The van der Waals surface area contributed by atoms with E-state index in [9.17, 15) is 9.18 Å². The summed E-state index contributed by atoms with van der Waals surface area (Å²) in [6.45, 7) is 1.69. The highest BCUT2D eigenvalue weighted by Crippen LogP contribution is 2.17. The maximum absolute atomic E-state index is 13.4. The van der Waals surface area contributed by atoms with Gasteiger partial charge in [0.25, 0.3) is 5.91 Å². The van der Waals surface area contributed by atoms with E-state index in [0.29, 0.717) is 11.0 Å². The smallest absolute Gasteiger partial charge is 0.260 e. The number of aryl methyl sites for hydroxylation is 1. The Bertz CT molecular complexity index is 570. The third-order valence-electron chi connectivity index (χ3n) is 1.95. The Kier molecular flexibility index (Phi) is 3.01. The molecule has 0 aliphatic carbocycles. The Morgan fingerprint density at radius 2 is 2.29 bits per heavy atom. The van der Waals surface area contributed by atoms with Gasteiger partial charge in [0.15, 0.2) is 0 Å². The first kappa shape index (κ1) is 11.5. The van der Waals surface area contributed by atoms with Crippen LogP contribution >= 0.6 is 11.5 Å². The number of rotatable bonds is 2. The number of halogens is 1. The van der Waals surface area contributed by atoms with E-state index in [2.05, 4.69) is 14.7 Å². The number of aromatic hydroxyl groups is 1. The van der Waals surface area contributed by atoms with Crippen LogP contribution in [0.4, 0.5) is 9.52 Å². The molecule has 0 aliphatic rings. The minimum atomic E-state index is -0.788. The predicted molar refractivity (Wildman–Crippen MR) is 60.7 cm³/mol. The lowest BCUT2D eigenvalue weighted by Crippen LogP contribution is -2.13. The summed E-state index contributed by atoms with van der Waals surface area (Å²) in [5.41, 5.74) is -0.157. The molecule has 0 atom stereocenters. The van der Waals surface area contributed by atoms with E-state index < -0.39 is 11.7 Å². The summed E-state index contributed by atoms with van der Waals surface area (Å²) >= 11 is 1.02. The SMILES string of the molecule is Cc1nsc(NC(=O)c2ccc(O)cc2F)n1. The summed E-state index contributed by atoms with van der Waals surface area (Å²) in [4.78, 5) is 15.6. The average Bonchev–Trinajstić information content (AvgIpc) is 2.63. The summed E-state index contributed by atoms with van der Waals surface area (Å²) in [6.07, 6.45) is 0. The van der Waals surface area contributed by atoms with Crippen LogP contribution in [0.5, 0.6) is 5.75 Å². The van der Waals surface area contributed by atoms with Crippen molar-refractivity contribution in [3.8, 4) is 5.75 Å². The highest BCUT2D eigenvalue weighted by atomic mass is 32.1. The molecule has 0 unspecified atom stereocenters. The second-order valence-corrected chi connectivity index (χ2v) is 4.02. The van der Waals surface area contributed by atoms with Crippen molar-refractivity contribution in [2.45, 2.75) is 6.92 Å². The van der Waals surface area contributed by atoms with Crippen LogP contribution in [0.25, 0.3) is 0 Å². The van der Waals surface area contributed by atoms with Crippen LogP contribution in [-0.4, -0.2) is 20.4 Å². The molecule has 0 radical (unpaired) electrons. The molecule has 0 saturated carbocycles. The minimum Gasteiger partial charge on any atom is -0.508 e. The molecule has 0 saturated heterocycles. The molecule has 2 rings (SSSR count). The van der Waals surface area contributed by atoms with E-state index >= 15 is 0 Å². The van der Waals surface area contributed by atoms with Gasteiger partial charge in [-0.15, -0.1) is 0 Å². The van der Waals surface area contributed by atoms with Crippen molar-refractivity contribution in [3.63, 3.8) is 0 Å². The van der Waals surface area contributed by atoms with Gasteiger partial charge in [-0.1, -0.05) is 0 Å². The average molecular weight is 253 g/mol. The topological polar surface area (TPSA) is 75.1 Å². The molecule has 88 valence electrons. The molecule has 1 heterocycles. The lowest BCUT2D eigenvalue weighted by molar-refractivity contribution is 0.102. The Hall–Kier alpha value is -2.02. The largest absolute Gasteiger partial charge is 0.508 e. The summed E-state index contributed by atoms with van der Waals surface area (Å²) in [7, 11) is 0. The van der Waals surface area contributed by atoms with Crippen LogP contribution < -0.4 is 5.32 Å². The van der Waals surface area contributed by atoms with Crippen molar-refractivity contribution >= 4 is 22.6 Å². The number of nitrogens with zero attached hydrogens (tertiary/aromatic N) is 2. The lowest BCUT2D eigenvalue weighted by atomic mass is 10.2. The van der Waals surface area contributed by atoms with Gasteiger partial charge < -0.3 is 5.11 Å². The zero-order valence-corrected chi connectivity index (χ0v) is 9.58. The first-order valence-electron chi connectivity index (χ1n) is 4.66. The number of hydrogen-bond donors (Lipinski definition) is 2. The fourth-order valence-corrected chi connectivity index (χ4v) is 1.77. The van der Waals surface area contributed by atoms with E-state index in [1.807, 2.05) is 0 Å². The van der Waals surface area contributed by atoms with Gasteiger partial charge in [-0.25, -0.2) is 9.37 Å². The molecule has 7 heteroatoms. The van der Waals surface area contributed by atoms with E-state index in [-0.39, 0.29) is 11.3 Å². The number of anilines is 1. The fraction of sp³-hybridized carbons (Fsp3) is 0.100. The summed E-state index contributed by atoms with van der Waals surface area (Å²) in [5.74, 6) is -1.11. The minimum absolute atomic E-state index is 0.157. The van der Waals surface area contributed by atoms with E-state index in [0.717, 1.165) is 17.6 Å². The summed E-state index contributed by atoms with van der Waals surface area (Å²) in [5, 5.41) is 11.7. The van der Waals surface area contributed by atoms with Gasteiger partial charge in [-0.2, -0.15) is 4.37 Å². The molecule has 0 bridgehead atoms. The zero-order chi connectivity index (χ0) is 12.4. The van der Waals surface area contributed by atoms with E-state index in [1.54, 1.807) is 6.92 Å². The van der Waals surface area contributed by atoms with Crippen LogP contribution in [0.2, 0.25) is 0 Å². The van der Waals surface area contributed by atoms with Crippen LogP contribution in [0.1, 0.15) is 16.2 Å². The van der Waals surface area contributed by atoms with Gasteiger partial charge in [0, 0.05) is 17.6 Å². The standard InChI is InChI=1S/C10H8FN3O2S/c1-5-12-10(17-14-5)13-9(16)7-3-2-6(15)4-8(7)11/h2-4,15H,1H3,(H,12,13,14,16). The highest BCUT2D eigenvalue weighted by Gasteiger charge is 2.13. The van der Waals surface area contributed by atoms with Crippen molar-refractivity contribution in [3.05, 3.63) is 35.4 Å². The van der Waals surface area contributed by atoms with E-state index in [1.165, 1.54) is 12.1 Å². The van der Waals surface area contributed by atoms with Crippen molar-refractivity contribution < 1.29 is 14.3 Å². The highest BCUT2D eigenvalue weighted by molar-refractivity contribution is 7.09. The molecule has 2 N–H and O–H groups in total. The summed E-state index contributed by atoms with van der Waals surface area (Å²) < 4.78 is 17.2. The van der Waals surface area contributed by atoms with Crippen molar-refractivity contribution in [2.24, 2.45) is 0 Å². The normalized spacial score (nSPS) is 10.2. The van der Waals surface area contributed by atoms with Crippen LogP contribution in [-0.2, 0) is 0 Å². The first-order chi connectivity index (χ1) is 8.06. The molecule has 5 nitrogen and oxygen atoms in total. The number of benzene rings is 1. The number of phenols is 1. The molecule has 1 amide bonds. The third kappa shape index (κ3) is 2.56. The Balaban J connectivity index is 2.20. The third-order valence-corrected chi connectivity index (χ3v) is 2.67. The second kappa shape index (κ2) is 4.46. The maximum Gasteiger partial charge on any atom is 0.260 e. The van der Waals surface area contributed by atoms with Crippen molar-refractivity contribution in [1.82, 2.24) is 9.36 Å². The van der Waals surface area contributed by atoms with Gasteiger partial charge in [0.1, 0.15) is 17.4 Å². The molecule has 17 heavy (non-hydrogen) atoms. The molecule has 0 spiro atoms.